The minimum Gasteiger partial charge on any atom is -0.323 e. The number of aromatic nitrogens is 1. The molecule has 1 saturated carbocycles. The molecule has 6 nitrogen and oxygen atoms in total. The average Bonchev–Trinajstić information content (AvgIpc) is 3.16. The Morgan fingerprint density at radius 2 is 1.90 bits per heavy atom. The number of ketones is 1. The van der Waals surface area contributed by atoms with E-state index in [0.717, 1.165) is 29.9 Å². The van der Waals surface area contributed by atoms with Gasteiger partial charge in [-0.1, -0.05) is 19.4 Å². The lowest BCUT2D eigenvalue weighted by atomic mass is 9.75. The molecule has 2 fully saturated rings. The fourth-order valence-corrected chi connectivity index (χ4v) is 5.02. The number of nitrogens with one attached hydrogen (secondary N) is 1. The molecule has 31 heavy (non-hydrogen) atoms. The Bertz CT molecular complexity index is 1050. The summed E-state index contributed by atoms with van der Waals surface area (Å²) in [6.07, 6.45) is 4.11. The van der Waals surface area contributed by atoms with E-state index < -0.39 is 11.6 Å². The summed E-state index contributed by atoms with van der Waals surface area (Å²) < 4.78 is 15.5. The van der Waals surface area contributed by atoms with Crippen molar-refractivity contribution in [1.82, 2.24) is 14.8 Å². The molecule has 1 N–H and O–H groups in total. The van der Waals surface area contributed by atoms with Crippen LogP contribution in [-0.4, -0.2) is 39.3 Å². The van der Waals surface area contributed by atoms with E-state index in [1.165, 1.54) is 12.1 Å². The van der Waals surface area contributed by atoms with Gasteiger partial charge < -0.3 is 9.88 Å². The first-order valence-electron chi connectivity index (χ1n) is 10.9. The third kappa shape index (κ3) is 3.66. The number of imide groups is 1. The van der Waals surface area contributed by atoms with Crippen molar-refractivity contribution in [2.45, 2.75) is 58.4 Å². The molecule has 4 rings (SSSR count). The smallest absolute Gasteiger partial charge is 0.323 e. The van der Waals surface area contributed by atoms with Gasteiger partial charge in [0.1, 0.15) is 11.4 Å². The molecule has 2 aromatic rings. The van der Waals surface area contributed by atoms with Crippen molar-refractivity contribution in [3.05, 3.63) is 53.1 Å². The van der Waals surface area contributed by atoms with E-state index >= 15 is 0 Å². The van der Waals surface area contributed by atoms with E-state index in [1.807, 2.05) is 6.92 Å². The molecule has 0 atom stereocenters. The summed E-state index contributed by atoms with van der Waals surface area (Å²) in [4.78, 5) is 39.8. The summed E-state index contributed by atoms with van der Waals surface area (Å²) in [6, 6.07) is 7.39. The van der Waals surface area contributed by atoms with Crippen LogP contribution < -0.4 is 5.32 Å². The SMILES string of the molecule is CCC1CCC2(CC1)NC(=O)N(CC(=O)c1cc(C)n(-c3cccc(F)c3)c1C)C2=O. The van der Waals surface area contributed by atoms with Crippen LogP contribution in [0.25, 0.3) is 5.69 Å². The van der Waals surface area contributed by atoms with Crippen molar-refractivity contribution in [1.29, 1.82) is 0 Å². The van der Waals surface area contributed by atoms with Gasteiger partial charge in [0.05, 0.1) is 6.54 Å². The highest BCUT2D eigenvalue weighted by molar-refractivity contribution is 6.11. The number of amides is 3. The highest BCUT2D eigenvalue weighted by Gasteiger charge is 2.52. The van der Waals surface area contributed by atoms with E-state index in [0.29, 0.717) is 35.7 Å². The standard InChI is InChI=1S/C24H28FN3O3/c1-4-17-8-10-24(11-9-17)22(30)27(23(31)26-24)14-21(29)20-12-15(2)28(16(20)3)19-7-5-6-18(25)13-19/h5-7,12-13,17H,4,8-11,14H2,1-3H3,(H,26,31). The third-order valence-electron chi connectivity index (χ3n) is 6.88. The molecule has 0 bridgehead atoms. The minimum absolute atomic E-state index is 0.292. The molecule has 1 aliphatic heterocycles. The number of Topliss-reactive ketones (excluding diaryl/α,β-unsaturated/α-hetero) is 1. The highest BCUT2D eigenvalue weighted by Crippen LogP contribution is 2.37. The Kier molecular flexibility index (Phi) is 5.45. The molecular formula is C24H28FN3O3. The number of benzene rings is 1. The molecule has 164 valence electrons. The number of hydrogen-bond acceptors (Lipinski definition) is 3. The normalized spacial score (nSPS) is 23.5. The molecule has 1 saturated heterocycles. The van der Waals surface area contributed by atoms with E-state index in [1.54, 1.807) is 29.7 Å². The number of carbonyl (C=O) groups is 3. The molecule has 2 aliphatic rings. The Hall–Kier alpha value is -2.96. The van der Waals surface area contributed by atoms with Gasteiger partial charge in [-0.05, 0) is 69.7 Å². The number of carbonyl (C=O) groups excluding carboxylic acids is 3. The number of hydrogen-bond donors (Lipinski definition) is 1. The fraction of sp³-hybridized carbons (Fsp3) is 0.458. The van der Waals surface area contributed by atoms with Crippen molar-refractivity contribution in [2.75, 3.05) is 6.54 Å². The molecule has 1 aromatic carbocycles. The van der Waals surface area contributed by atoms with Crippen molar-refractivity contribution in [3.63, 3.8) is 0 Å². The largest absolute Gasteiger partial charge is 0.325 e. The van der Waals surface area contributed by atoms with Crippen LogP contribution in [0.15, 0.2) is 30.3 Å². The van der Waals surface area contributed by atoms with Crippen LogP contribution in [-0.2, 0) is 4.79 Å². The Morgan fingerprint density at radius 3 is 2.55 bits per heavy atom. The Morgan fingerprint density at radius 1 is 1.19 bits per heavy atom. The van der Waals surface area contributed by atoms with Gasteiger partial charge >= 0.3 is 6.03 Å². The Balaban J connectivity index is 1.55. The van der Waals surface area contributed by atoms with Crippen LogP contribution in [0.2, 0.25) is 0 Å². The molecule has 0 radical (unpaired) electrons. The fourth-order valence-electron chi connectivity index (χ4n) is 5.02. The molecule has 3 amide bonds. The second-order valence-corrected chi connectivity index (χ2v) is 8.78. The number of rotatable bonds is 5. The lowest BCUT2D eigenvalue weighted by Crippen LogP contribution is -2.49. The van der Waals surface area contributed by atoms with E-state index in [9.17, 15) is 18.8 Å². The molecule has 1 aromatic heterocycles. The Labute approximate surface area is 181 Å². The lowest BCUT2D eigenvalue weighted by Gasteiger charge is -2.34. The second kappa shape index (κ2) is 7.94. The zero-order chi connectivity index (χ0) is 22.3. The van der Waals surface area contributed by atoms with Gasteiger partial charge in [-0.15, -0.1) is 0 Å². The quantitative estimate of drug-likeness (QED) is 0.573. The summed E-state index contributed by atoms with van der Waals surface area (Å²) in [5, 5.41) is 2.87. The maximum Gasteiger partial charge on any atom is 0.325 e. The van der Waals surface area contributed by atoms with Crippen LogP contribution in [0.5, 0.6) is 0 Å². The molecule has 7 heteroatoms. The van der Waals surface area contributed by atoms with Crippen LogP contribution in [0, 0.1) is 25.6 Å². The van der Waals surface area contributed by atoms with Crippen LogP contribution in [0.3, 0.4) is 0 Å². The van der Waals surface area contributed by atoms with Crippen molar-refractivity contribution >= 4 is 17.7 Å². The highest BCUT2D eigenvalue weighted by atomic mass is 19.1. The topological polar surface area (TPSA) is 71.4 Å². The maximum atomic E-state index is 13.7. The van der Waals surface area contributed by atoms with Crippen LogP contribution in [0.4, 0.5) is 9.18 Å². The van der Waals surface area contributed by atoms with Gasteiger partial charge in [0.25, 0.3) is 5.91 Å². The van der Waals surface area contributed by atoms with Gasteiger partial charge in [-0.3, -0.25) is 14.5 Å². The summed E-state index contributed by atoms with van der Waals surface area (Å²) in [5.74, 6) is -0.377. The summed E-state index contributed by atoms with van der Waals surface area (Å²) in [6.45, 7) is 5.47. The predicted molar refractivity (Wildman–Crippen MR) is 115 cm³/mol. The lowest BCUT2D eigenvalue weighted by molar-refractivity contribution is -0.132. The van der Waals surface area contributed by atoms with Gasteiger partial charge in [-0.2, -0.15) is 0 Å². The van der Waals surface area contributed by atoms with Crippen molar-refractivity contribution in [3.8, 4) is 5.69 Å². The number of urea groups is 1. The summed E-state index contributed by atoms with van der Waals surface area (Å²) in [7, 11) is 0. The number of nitrogens with zero attached hydrogens (tertiary/aromatic N) is 2. The molecular weight excluding hydrogens is 397 g/mol. The first kappa shape index (κ1) is 21.3. The minimum atomic E-state index is -0.860. The second-order valence-electron chi connectivity index (χ2n) is 8.78. The van der Waals surface area contributed by atoms with Crippen LogP contribution >= 0.6 is 0 Å². The van der Waals surface area contributed by atoms with Crippen LogP contribution in [0.1, 0.15) is 60.8 Å². The van der Waals surface area contributed by atoms with Gasteiger partial charge in [0.15, 0.2) is 5.78 Å². The average molecular weight is 426 g/mol. The van der Waals surface area contributed by atoms with E-state index in [4.69, 9.17) is 0 Å². The van der Waals surface area contributed by atoms with Crippen molar-refractivity contribution < 1.29 is 18.8 Å². The molecule has 1 aliphatic carbocycles. The molecule has 1 spiro atoms. The first-order chi connectivity index (χ1) is 14.8. The first-order valence-corrected chi connectivity index (χ1v) is 10.9. The zero-order valence-electron chi connectivity index (χ0n) is 18.2. The van der Waals surface area contributed by atoms with E-state index in [-0.39, 0.29) is 24.1 Å². The van der Waals surface area contributed by atoms with Gasteiger partial charge in [-0.25, -0.2) is 9.18 Å². The monoisotopic (exact) mass is 425 g/mol. The maximum absolute atomic E-state index is 13.7. The number of aryl methyl sites for hydroxylation is 1. The molecule has 2 heterocycles. The van der Waals surface area contributed by atoms with E-state index in [2.05, 4.69) is 12.2 Å². The van der Waals surface area contributed by atoms with Gasteiger partial charge in [0.2, 0.25) is 0 Å². The van der Waals surface area contributed by atoms with Gasteiger partial charge in [0, 0.05) is 22.6 Å². The predicted octanol–water partition coefficient (Wildman–Crippen LogP) is 4.31. The summed E-state index contributed by atoms with van der Waals surface area (Å²) in [5.41, 5.74) is 1.62. The third-order valence-corrected chi connectivity index (χ3v) is 6.88. The number of halogens is 1. The van der Waals surface area contributed by atoms with Crippen molar-refractivity contribution in [2.24, 2.45) is 5.92 Å². The zero-order valence-corrected chi connectivity index (χ0v) is 18.2. The molecule has 0 unspecified atom stereocenters. The summed E-state index contributed by atoms with van der Waals surface area (Å²) >= 11 is 0.